The first-order valence-electron chi connectivity index (χ1n) is 8.98. The van der Waals surface area contributed by atoms with Crippen LogP contribution in [0.5, 0.6) is 0 Å². The highest BCUT2D eigenvalue weighted by atomic mass is 32.2. The molecule has 1 spiro atoms. The Morgan fingerprint density at radius 2 is 1.71 bits per heavy atom. The van der Waals surface area contributed by atoms with Gasteiger partial charge in [-0.3, -0.25) is 4.90 Å². The molecule has 3 heterocycles. The number of nitrogens with one attached hydrogen (secondary N) is 1. The van der Waals surface area contributed by atoms with Gasteiger partial charge >= 0.3 is 18.4 Å². The second kappa shape index (κ2) is 6.95. The van der Waals surface area contributed by atoms with Gasteiger partial charge in [0, 0.05) is 25.0 Å². The lowest BCUT2D eigenvalue weighted by Gasteiger charge is -2.60. The molecule has 174 valence electrons. The van der Waals surface area contributed by atoms with E-state index in [1.165, 1.54) is 20.8 Å². The zero-order valence-corrected chi connectivity index (χ0v) is 17.4. The number of hydrogen-bond donors (Lipinski definition) is 1. The molecule has 0 aromatic carbocycles. The van der Waals surface area contributed by atoms with Crippen LogP contribution in [0.1, 0.15) is 32.2 Å². The number of nitrogens with zero attached hydrogens (tertiary/aromatic N) is 2. The van der Waals surface area contributed by atoms with Gasteiger partial charge in [-0.15, -0.1) is 0 Å². The molecule has 1 aromatic heterocycles. The Bertz CT molecular complexity index is 997. The summed E-state index contributed by atoms with van der Waals surface area (Å²) >= 11 is 0. The third-order valence-electron chi connectivity index (χ3n) is 4.89. The van der Waals surface area contributed by atoms with E-state index in [4.69, 9.17) is 4.74 Å². The van der Waals surface area contributed by atoms with E-state index in [0.717, 1.165) is 4.90 Å². The number of ether oxygens (including phenoxy) is 1. The van der Waals surface area contributed by atoms with E-state index < -0.39 is 61.0 Å². The van der Waals surface area contributed by atoms with Crippen LogP contribution in [0, 0.1) is 5.41 Å². The molecule has 2 saturated heterocycles. The first kappa shape index (κ1) is 23.6. The quantitative estimate of drug-likeness (QED) is 0.662. The number of hydrogen-bond acceptors (Lipinski definition) is 6. The number of rotatable bonds is 2. The van der Waals surface area contributed by atoms with E-state index in [1.54, 1.807) is 0 Å². The number of halogens is 6. The third kappa shape index (κ3) is 4.19. The summed E-state index contributed by atoms with van der Waals surface area (Å²) in [6, 6.07) is 0.406. The Balaban J connectivity index is 2.09. The summed E-state index contributed by atoms with van der Waals surface area (Å²) in [5.74, 6) is 0. The van der Waals surface area contributed by atoms with Crippen LogP contribution in [0.15, 0.2) is 17.0 Å². The number of sulfone groups is 1. The molecular weight excluding hydrogens is 456 g/mol. The predicted octanol–water partition coefficient (Wildman–Crippen LogP) is 3.06. The zero-order chi connectivity index (χ0) is 23.6. The Morgan fingerprint density at radius 1 is 1.13 bits per heavy atom. The van der Waals surface area contributed by atoms with Gasteiger partial charge in [0.05, 0.1) is 4.90 Å². The van der Waals surface area contributed by atoms with E-state index in [0.29, 0.717) is 0 Å². The van der Waals surface area contributed by atoms with Crippen LogP contribution in [-0.2, 0) is 26.9 Å². The molecule has 1 aromatic rings. The van der Waals surface area contributed by atoms with Crippen molar-refractivity contribution in [2.24, 2.45) is 5.41 Å². The average molecular weight is 475 g/mol. The molecule has 0 bridgehead atoms. The molecular formula is C17H19F6N3O4S. The van der Waals surface area contributed by atoms with Crippen molar-refractivity contribution in [2.45, 2.75) is 49.0 Å². The van der Waals surface area contributed by atoms with Crippen molar-refractivity contribution in [3.63, 3.8) is 0 Å². The van der Waals surface area contributed by atoms with Crippen molar-refractivity contribution in [3.05, 3.63) is 23.5 Å². The smallest absolute Gasteiger partial charge is 0.434 e. The van der Waals surface area contributed by atoms with E-state index in [9.17, 15) is 39.6 Å². The van der Waals surface area contributed by atoms with Gasteiger partial charge < -0.3 is 10.1 Å². The molecule has 0 radical (unpaired) electrons. The van der Waals surface area contributed by atoms with Crippen LogP contribution in [0.2, 0.25) is 0 Å². The first-order valence-corrected chi connectivity index (χ1v) is 10.5. The van der Waals surface area contributed by atoms with Crippen molar-refractivity contribution >= 4 is 15.9 Å². The van der Waals surface area contributed by atoms with Crippen LogP contribution in [0.4, 0.5) is 31.1 Å². The summed E-state index contributed by atoms with van der Waals surface area (Å²) in [6.45, 7) is 4.69. The van der Waals surface area contributed by atoms with Crippen molar-refractivity contribution in [1.82, 2.24) is 15.2 Å². The number of carbonyl (C=O) groups excluding carboxylic acids is 1. The maximum absolute atomic E-state index is 13.5. The SMILES string of the molecule is CC(C)(C)OC(=O)N1CC2(CNC2)C1S(=O)(=O)c1ccc(C(F)(F)F)nc1C(F)(F)F. The molecule has 31 heavy (non-hydrogen) atoms. The van der Waals surface area contributed by atoms with Crippen molar-refractivity contribution in [2.75, 3.05) is 19.6 Å². The summed E-state index contributed by atoms with van der Waals surface area (Å²) in [4.78, 5) is 14.4. The summed E-state index contributed by atoms with van der Waals surface area (Å²) in [6.07, 6.45) is -11.7. The summed E-state index contributed by atoms with van der Waals surface area (Å²) in [7, 11) is -4.96. The van der Waals surface area contributed by atoms with Gasteiger partial charge in [0.2, 0.25) is 9.84 Å². The number of amides is 1. The molecule has 1 N–H and O–H groups in total. The van der Waals surface area contributed by atoms with Gasteiger partial charge in [-0.25, -0.2) is 18.2 Å². The normalized spacial score (nSPS) is 21.5. The molecule has 1 atom stereocenters. The topological polar surface area (TPSA) is 88.6 Å². The Hall–Kier alpha value is -2.09. The minimum Gasteiger partial charge on any atom is -0.444 e. The lowest BCUT2D eigenvalue weighted by Crippen LogP contribution is -2.79. The van der Waals surface area contributed by atoms with Crippen LogP contribution in [-0.4, -0.2) is 55.0 Å². The second-order valence-electron chi connectivity index (χ2n) is 8.51. The Kier molecular flexibility index (Phi) is 5.29. The molecule has 0 saturated carbocycles. The first-order chi connectivity index (χ1) is 13.9. The standard InChI is InChI=1S/C17H19F6N3O4S/c1-14(2,3)30-13(27)26-8-15(6-24-7-15)12(26)31(28,29)9-4-5-10(16(18,19)20)25-11(9)17(21,22)23/h4-5,12,24H,6-8H2,1-3H3. The summed E-state index contributed by atoms with van der Waals surface area (Å²) in [5.41, 5.74) is -6.13. The van der Waals surface area contributed by atoms with E-state index in [2.05, 4.69) is 10.3 Å². The maximum Gasteiger partial charge on any atom is 0.434 e. The van der Waals surface area contributed by atoms with Gasteiger partial charge in [-0.1, -0.05) is 0 Å². The van der Waals surface area contributed by atoms with Crippen LogP contribution in [0.25, 0.3) is 0 Å². The number of likely N-dealkylation sites (tertiary alicyclic amines) is 1. The fourth-order valence-electron chi connectivity index (χ4n) is 3.59. The highest BCUT2D eigenvalue weighted by Gasteiger charge is 2.65. The largest absolute Gasteiger partial charge is 0.444 e. The third-order valence-corrected chi connectivity index (χ3v) is 7.18. The minimum absolute atomic E-state index is 0.0891. The summed E-state index contributed by atoms with van der Waals surface area (Å²) in [5, 5.41) is 1.07. The molecule has 2 aliphatic heterocycles. The predicted molar refractivity (Wildman–Crippen MR) is 93.5 cm³/mol. The molecule has 3 rings (SSSR count). The maximum atomic E-state index is 13.5. The lowest BCUT2D eigenvalue weighted by molar-refractivity contribution is -0.151. The van der Waals surface area contributed by atoms with Crippen LogP contribution >= 0.6 is 0 Å². The molecule has 7 nitrogen and oxygen atoms in total. The van der Waals surface area contributed by atoms with Crippen LogP contribution in [0.3, 0.4) is 0 Å². The second-order valence-corrected chi connectivity index (χ2v) is 10.5. The Labute approximate surface area is 173 Å². The van der Waals surface area contributed by atoms with Gasteiger partial charge in [-0.05, 0) is 32.9 Å². The van der Waals surface area contributed by atoms with Crippen molar-refractivity contribution in [3.8, 4) is 0 Å². The highest BCUT2D eigenvalue weighted by Crippen LogP contribution is 2.48. The number of carbonyl (C=O) groups is 1. The van der Waals surface area contributed by atoms with Gasteiger partial charge in [0.25, 0.3) is 0 Å². The minimum atomic E-state index is -5.48. The fourth-order valence-corrected chi connectivity index (χ4v) is 5.91. The van der Waals surface area contributed by atoms with Gasteiger partial charge in [0.1, 0.15) is 11.3 Å². The molecule has 14 heteroatoms. The van der Waals surface area contributed by atoms with Crippen molar-refractivity contribution < 1.29 is 44.3 Å². The Morgan fingerprint density at radius 3 is 2.13 bits per heavy atom. The highest BCUT2D eigenvalue weighted by molar-refractivity contribution is 7.92. The van der Waals surface area contributed by atoms with E-state index in [1.807, 2.05) is 0 Å². The zero-order valence-electron chi connectivity index (χ0n) is 16.6. The number of alkyl halides is 6. The summed E-state index contributed by atoms with van der Waals surface area (Å²) < 4.78 is 111. The van der Waals surface area contributed by atoms with Crippen molar-refractivity contribution in [1.29, 1.82) is 0 Å². The monoisotopic (exact) mass is 475 g/mol. The average Bonchev–Trinajstić information content (AvgIpc) is 2.48. The van der Waals surface area contributed by atoms with E-state index in [-0.39, 0.29) is 31.8 Å². The lowest BCUT2D eigenvalue weighted by atomic mass is 9.74. The van der Waals surface area contributed by atoms with Gasteiger partial charge in [0.15, 0.2) is 11.1 Å². The number of pyridine rings is 1. The van der Waals surface area contributed by atoms with Gasteiger partial charge in [-0.2, -0.15) is 26.3 Å². The molecule has 2 aliphatic rings. The molecule has 1 unspecified atom stereocenters. The molecule has 2 fully saturated rings. The van der Waals surface area contributed by atoms with Crippen LogP contribution < -0.4 is 5.32 Å². The molecule has 0 aliphatic carbocycles. The fraction of sp³-hybridized carbons (Fsp3) is 0.647. The molecule has 1 amide bonds. The van der Waals surface area contributed by atoms with E-state index >= 15 is 0 Å². The number of aromatic nitrogens is 1.